The van der Waals surface area contributed by atoms with E-state index in [1.807, 2.05) is 0 Å². The number of isocyanates is 1. The molecule has 0 saturated heterocycles. The number of fused-ring (bicyclic) bond motifs is 1. The lowest BCUT2D eigenvalue weighted by Gasteiger charge is -1.95. The lowest BCUT2D eigenvalue weighted by Crippen LogP contribution is -1.97. The van der Waals surface area contributed by atoms with Crippen LogP contribution in [0.25, 0.3) is 10.1 Å². The number of ether oxygens (including phenoxy) is 1. The second kappa shape index (κ2) is 4.97. The average molecular weight is 278 g/mol. The zero-order valence-corrected chi connectivity index (χ0v) is 10.4. The number of non-ortho nitro benzene ring substituents is 1. The predicted octanol–water partition coefficient (Wildman–Crippen LogP) is 2.56. The van der Waals surface area contributed by atoms with Crippen molar-refractivity contribution in [3.05, 3.63) is 33.2 Å². The Morgan fingerprint density at radius 3 is 2.84 bits per heavy atom. The minimum Gasteiger partial charge on any atom is -0.465 e. The molecule has 96 valence electrons. The number of hydrogen-bond acceptors (Lipinski definition) is 7. The number of carbonyl (C=O) groups is 1. The summed E-state index contributed by atoms with van der Waals surface area (Å²) in [6, 6.07) is 4.07. The molecule has 1 aromatic carbocycles. The van der Waals surface area contributed by atoms with Gasteiger partial charge in [-0.3, -0.25) is 10.1 Å². The third kappa shape index (κ3) is 2.22. The van der Waals surface area contributed by atoms with Gasteiger partial charge in [-0.05, 0) is 6.07 Å². The van der Waals surface area contributed by atoms with Crippen molar-refractivity contribution in [1.82, 2.24) is 0 Å². The van der Waals surface area contributed by atoms with Crippen LogP contribution in [0.4, 0.5) is 11.4 Å². The van der Waals surface area contributed by atoms with Crippen molar-refractivity contribution >= 4 is 44.8 Å². The van der Waals surface area contributed by atoms with Crippen molar-refractivity contribution in [2.75, 3.05) is 7.11 Å². The van der Waals surface area contributed by atoms with Crippen LogP contribution in [-0.2, 0) is 9.53 Å². The summed E-state index contributed by atoms with van der Waals surface area (Å²) in [6.45, 7) is 0. The van der Waals surface area contributed by atoms with Crippen LogP contribution >= 0.6 is 11.3 Å². The molecule has 0 fully saturated rings. The third-order valence-corrected chi connectivity index (χ3v) is 3.52. The van der Waals surface area contributed by atoms with Crippen molar-refractivity contribution in [3.63, 3.8) is 0 Å². The number of benzene rings is 1. The number of aliphatic imine (C=N–C) groups is 1. The topological polar surface area (TPSA) is 98.9 Å². The largest absolute Gasteiger partial charge is 0.465 e. The molecular formula is C11H6N2O5S. The van der Waals surface area contributed by atoms with E-state index in [0.717, 1.165) is 11.3 Å². The van der Waals surface area contributed by atoms with Gasteiger partial charge in [0.25, 0.3) is 5.69 Å². The second-order valence-electron chi connectivity index (χ2n) is 3.41. The molecule has 0 aliphatic carbocycles. The first kappa shape index (κ1) is 12.9. The van der Waals surface area contributed by atoms with Crippen LogP contribution < -0.4 is 0 Å². The van der Waals surface area contributed by atoms with E-state index in [4.69, 9.17) is 0 Å². The summed E-state index contributed by atoms with van der Waals surface area (Å²) in [4.78, 5) is 35.7. The van der Waals surface area contributed by atoms with Gasteiger partial charge in [-0.2, -0.15) is 4.99 Å². The van der Waals surface area contributed by atoms with Crippen LogP contribution in [-0.4, -0.2) is 24.1 Å². The highest BCUT2D eigenvalue weighted by Gasteiger charge is 2.20. The average Bonchev–Trinajstić information content (AvgIpc) is 2.76. The van der Waals surface area contributed by atoms with Gasteiger partial charge in [0.2, 0.25) is 6.08 Å². The smallest absolute Gasteiger partial charge is 0.350 e. The number of methoxy groups -OCH3 is 1. The standard InChI is InChI=1S/C11H6N2O5S/c1-18-11(15)10-9(12-5-14)7-4-6(13(16)17)2-3-8(7)19-10/h2-4H,1H3. The summed E-state index contributed by atoms with van der Waals surface area (Å²) in [7, 11) is 1.20. The molecule has 2 rings (SSSR count). The first-order chi connectivity index (χ1) is 9.08. The summed E-state index contributed by atoms with van der Waals surface area (Å²) in [5.74, 6) is -0.655. The van der Waals surface area contributed by atoms with Crippen LogP contribution in [0.1, 0.15) is 9.67 Å². The Morgan fingerprint density at radius 2 is 2.26 bits per heavy atom. The van der Waals surface area contributed by atoms with Crippen LogP contribution in [0.3, 0.4) is 0 Å². The number of hydrogen-bond donors (Lipinski definition) is 0. The SMILES string of the molecule is COC(=O)c1sc2ccc([N+](=O)[O-])cc2c1N=C=O. The highest BCUT2D eigenvalue weighted by atomic mass is 32.1. The zero-order chi connectivity index (χ0) is 14.0. The molecule has 1 heterocycles. The van der Waals surface area contributed by atoms with Gasteiger partial charge >= 0.3 is 5.97 Å². The van der Waals surface area contributed by atoms with Crippen LogP contribution in [0.5, 0.6) is 0 Å². The molecule has 7 nitrogen and oxygen atoms in total. The maximum Gasteiger partial charge on any atom is 0.350 e. The zero-order valence-electron chi connectivity index (χ0n) is 9.58. The highest BCUT2D eigenvalue weighted by molar-refractivity contribution is 7.21. The van der Waals surface area contributed by atoms with Gasteiger partial charge in [-0.15, -0.1) is 11.3 Å². The van der Waals surface area contributed by atoms with Gasteiger partial charge in [0.15, 0.2) is 0 Å². The lowest BCUT2D eigenvalue weighted by molar-refractivity contribution is -0.384. The Bertz CT molecular complexity index is 730. The first-order valence-electron chi connectivity index (χ1n) is 4.95. The lowest BCUT2D eigenvalue weighted by atomic mass is 10.2. The van der Waals surface area contributed by atoms with E-state index < -0.39 is 10.9 Å². The van der Waals surface area contributed by atoms with Crippen molar-refractivity contribution in [2.24, 2.45) is 4.99 Å². The van der Waals surface area contributed by atoms with E-state index in [1.165, 1.54) is 31.4 Å². The number of esters is 1. The molecule has 0 aliphatic heterocycles. The third-order valence-electron chi connectivity index (χ3n) is 2.38. The molecule has 0 atom stereocenters. The van der Waals surface area contributed by atoms with E-state index >= 15 is 0 Å². The van der Waals surface area contributed by atoms with Gasteiger partial charge in [0.1, 0.15) is 10.6 Å². The Kier molecular flexibility index (Phi) is 3.37. The second-order valence-corrected chi connectivity index (χ2v) is 4.46. The molecule has 0 spiro atoms. The molecule has 8 heteroatoms. The summed E-state index contributed by atoms with van der Waals surface area (Å²) >= 11 is 1.05. The minimum atomic E-state index is -0.655. The normalized spacial score (nSPS) is 9.95. The van der Waals surface area contributed by atoms with Crippen LogP contribution in [0.15, 0.2) is 23.2 Å². The number of carbonyl (C=O) groups excluding carboxylic acids is 2. The first-order valence-corrected chi connectivity index (χ1v) is 5.77. The molecule has 0 amide bonds. The van der Waals surface area contributed by atoms with Gasteiger partial charge in [0.05, 0.1) is 12.0 Å². The van der Waals surface area contributed by atoms with Crippen molar-refractivity contribution < 1.29 is 19.2 Å². The van der Waals surface area contributed by atoms with Crippen LogP contribution in [0, 0.1) is 10.1 Å². The van der Waals surface area contributed by atoms with E-state index in [2.05, 4.69) is 9.73 Å². The molecule has 2 aromatic rings. The van der Waals surface area contributed by atoms with Crippen LogP contribution in [0.2, 0.25) is 0 Å². The Hall–Kier alpha value is -2.57. The number of thiophene rings is 1. The Morgan fingerprint density at radius 1 is 1.53 bits per heavy atom. The van der Waals surface area contributed by atoms with Crippen molar-refractivity contribution in [2.45, 2.75) is 0 Å². The molecule has 0 bridgehead atoms. The Balaban J connectivity index is 2.78. The highest BCUT2D eigenvalue weighted by Crippen LogP contribution is 2.39. The Labute approximate surface area is 110 Å². The molecular weight excluding hydrogens is 272 g/mol. The fourth-order valence-electron chi connectivity index (χ4n) is 1.57. The van der Waals surface area contributed by atoms with Crippen molar-refractivity contribution in [1.29, 1.82) is 0 Å². The van der Waals surface area contributed by atoms with Gasteiger partial charge in [-0.25, -0.2) is 9.59 Å². The fraction of sp³-hybridized carbons (Fsp3) is 0.0909. The predicted molar refractivity (Wildman–Crippen MR) is 67.6 cm³/mol. The number of nitrogens with zero attached hydrogens (tertiary/aromatic N) is 2. The summed E-state index contributed by atoms with van der Waals surface area (Å²) in [5, 5.41) is 11.1. The van der Waals surface area contributed by atoms with E-state index in [0.29, 0.717) is 10.1 Å². The van der Waals surface area contributed by atoms with Gasteiger partial charge in [0, 0.05) is 22.2 Å². The summed E-state index contributed by atoms with van der Waals surface area (Å²) in [5.41, 5.74) is -0.102. The number of rotatable bonds is 3. The molecule has 19 heavy (non-hydrogen) atoms. The quantitative estimate of drug-likeness (QED) is 0.282. The monoisotopic (exact) mass is 278 g/mol. The molecule has 0 saturated carbocycles. The maximum atomic E-state index is 11.6. The van der Waals surface area contributed by atoms with Gasteiger partial charge in [-0.1, -0.05) is 0 Å². The van der Waals surface area contributed by atoms with Gasteiger partial charge < -0.3 is 4.74 Å². The fourth-order valence-corrected chi connectivity index (χ4v) is 2.61. The number of nitro benzene ring substituents is 1. The molecule has 0 unspecified atom stereocenters. The van der Waals surface area contributed by atoms with E-state index in [9.17, 15) is 19.7 Å². The summed E-state index contributed by atoms with van der Waals surface area (Å²) in [6.07, 6.45) is 1.33. The summed E-state index contributed by atoms with van der Waals surface area (Å²) < 4.78 is 5.18. The number of nitro groups is 1. The molecule has 0 radical (unpaired) electrons. The van der Waals surface area contributed by atoms with E-state index in [1.54, 1.807) is 0 Å². The van der Waals surface area contributed by atoms with Crippen molar-refractivity contribution in [3.8, 4) is 0 Å². The maximum absolute atomic E-state index is 11.6. The molecule has 0 N–H and O–H groups in total. The van der Waals surface area contributed by atoms with E-state index in [-0.39, 0.29) is 16.3 Å². The molecule has 1 aromatic heterocycles. The minimum absolute atomic E-state index is 0.0468. The molecule has 0 aliphatic rings.